The first-order chi connectivity index (χ1) is 8.63. The van der Waals surface area contributed by atoms with E-state index in [1.54, 1.807) is 36.2 Å². The van der Waals surface area contributed by atoms with E-state index in [2.05, 4.69) is 5.10 Å². The monoisotopic (exact) mass is 264 g/mol. The second kappa shape index (κ2) is 5.23. The molecule has 0 radical (unpaired) electrons. The van der Waals surface area contributed by atoms with Gasteiger partial charge >= 0.3 is 0 Å². The summed E-state index contributed by atoms with van der Waals surface area (Å²) in [6, 6.07) is 5.28. The summed E-state index contributed by atoms with van der Waals surface area (Å²) in [5.74, 6) is 0.727. The molecule has 1 heterocycles. The lowest BCUT2D eigenvalue weighted by molar-refractivity contribution is 0.112. The third-order valence-electron chi connectivity index (χ3n) is 2.66. The van der Waals surface area contributed by atoms with E-state index in [4.69, 9.17) is 16.3 Å². The summed E-state index contributed by atoms with van der Waals surface area (Å²) in [6.45, 7) is 2.36. The zero-order chi connectivity index (χ0) is 13.1. The Morgan fingerprint density at radius 2 is 2.28 bits per heavy atom. The van der Waals surface area contributed by atoms with Crippen LogP contribution in [0, 0.1) is 6.92 Å². The normalized spacial score (nSPS) is 10.4. The number of hydrogen-bond donors (Lipinski definition) is 0. The fourth-order valence-electron chi connectivity index (χ4n) is 1.74. The molecular weight excluding hydrogens is 252 g/mol. The smallest absolute Gasteiger partial charge is 0.150 e. The Hall–Kier alpha value is -1.81. The maximum atomic E-state index is 10.8. The van der Waals surface area contributed by atoms with Gasteiger partial charge in [0.2, 0.25) is 0 Å². The van der Waals surface area contributed by atoms with Gasteiger partial charge in [-0.2, -0.15) is 5.10 Å². The molecule has 1 aromatic heterocycles. The number of benzene rings is 1. The van der Waals surface area contributed by atoms with E-state index in [-0.39, 0.29) is 0 Å². The molecule has 0 unspecified atom stereocenters. The first kappa shape index (κ1) is 12.6. The number of aromatic nitrogens is 2. The zero-order valence-corrected chi connectivity index (χ0v) is 10.9. The van der Waals surface area contributed by atoms with Crippen molar-refractivity contribution in [3.8, 4) is 5.75 Å². The molecule has 0 amide bonds. The van der Waals surface area contributed by atoms with Crippen molar-refractivity contribution in [3.05, 3.63) is 46.2 Å². The number of rotatable bonds is 4. The predicted octanol–water partition coefficient (Wildman–Crippen LogP) is 2.71. The van der Waals surface area contributed by atoms with Crippen molar-refractivity contribution in [1.82, 2.24) is 9.78 Å². The van der Waals surface area contributed by atoms with Gasteiger partial charge in [0, 0.05) is 17.3 Å². The van der Waals surface area contributed by atoms with Crippen LogP contribution in [0.25, 0.3) is 0 Å². The minimum absolute atomic E-state index is 0.512. The van der Waals surface area contributed by atoms with E-state index >= 15 is 0 Å². The number of carbonyl (C=O) groups is 1. The molecular formula is C13H13ClN2O2. The molecule has 5 heteroatoms. The Morgan fingerprint density at radius 1 is 1.50 bits per heavy atom. The summed E-state index contributed by atoms with van der Waals surface area (Å²) in [5.41, 5.74) is 2.28. The van der Waals surface area contributed by atoms with E-state index in [0.717, 1.165) is 23.3 Å². The maximum Gasteiger partial charge on any atom is 0.150 e. The second-order valence-corrected chi connectivity index (χ2v) is 4.36. The fourth-order valence-corrected chi connectivity index (χ4v) is 1.89. The highest BCUT2D eigenvalue weighted by molar-refractivity contribution is 6.31. The van der Waals surface area contributed by atoms with Crippen LogP contribution in [0.4, 0.5) is 0 Å². The number of aryl methyl sites for hydroxylation is 1. The van der Waals surface area contributed by atoms with Crippen molar-refractivity contribution in [2.45, 2.75) is 13.5 Å². The van der Waals surface area contributed by atoms with Crippen molar-refractivity contribution < 1.29 is 9.53 Å². The van der Waals surface area contributed by atoms with Gasteiger partial charge in [-0.25, -0.2) is 0 Å². The van der Waals surface area contributed by atoms with Gasteiger partial charge in [-0.15, -0.1) is 0 Å². The lowest BCUT2D eigenvalue weighted by Gasteiger charge is -2.09. The summed E-state index contributed by atoms with van der Waals surface area (Å²) in [7, 11) is 1.60. The van der Waals surface area contributed by atoms with Crippen LogP contribution in [0.1, 0.15) is 21.6 Å². The zero-order valence-electron chi connectivity index (χ0n) is 10.2. The quantitative estimate of drug-likeness (QED) is 0.798. The third kappa shape index (κ3) is 2.54. The van der Waals surface area contributed by atoms with E-state index in [1.807, 2.05) is 6.92 Å². The minimum Gasteiger partial charge on any atom is -0.496 e. The summed E-state index contributed by atoms with van der Waals surface area (Å²) in [6.07, 6.45) is 2.56. The molecule has 0 fully saturated rings. The summed E-state index contributed by atoms with van der Waals surface area (Å²) in [5, 5.41) is 4.90. The Labute approximate surface area is 110 Å². The molecule has 0 N–H and O–H groups in total. The molecule has 0 atom stereocenters. The molecule has 94 valence electrons. The van der Waals surface area contributed by atoms with Gasteiger partial charge in [-0.1, -0.05) is 11.6 Å². The molecule has 0 saturated carbocycles. The summed E-state index contributed by atoms with van der Waals surface area (Å²) >= 11 is 5.96. The van der Waals surface area contributed by atoms with Crippen LogP contribution in [0.3, 0.4) is 0 Å². The van der Waals surface area contributed by atoms with Crippen molar-refractivity contribution in [2.75, 3.05) is 7.11 Å². The summed E-state index contributed by atoms with van der Waals surface area (Å²) in [4.78, 5) is 10.8. The van der Waals surface area contributed by atoms with E-state index in [9.17, 15) is 4.79 Å². The Kier molecular flexibility index (Phi) is 3.67. The minimum atomic E-state index is 0.512. The van der Waals surface area contributed by atoms with Crippen LogP contribution >= 0.6 is 11.6 Å². The van der Waals surface area contributed by atoms with E-state index in [1.165, 1.54) is 0 Å². The Morgan fingerprint density at radius 3 is 2.83 bits per heavy atom. The van der Waals surface area contributed by atoms with Crippen molar-refractivity contribution >= 4 is 17.9 Å². The molecule has 2 rings (SSSR count). The van der Waals surface area contributed by atoms with Gasteiger partial charge < -0.3 is 4.74 Å². The van der Waals surface area contributed by atoms with Crippen molar-refractivity contribution in [2.24, 2.45) is 0 Å². The lowest BCUT2D eigenvalue weighted by atomic mass is 10.1. The molecule has 4 nitrogen and oxygen atoms in total. The van der Waals surface area contributed by atoms with Crippen LogP contribution < -0.4 is 4.74 Å². The number of hydrogen-bond acceptors (Lipinski definition) is 3. The standard InChI is InChI=1S/C13H13ClN2O2/c1-9-12(14)7-16(15-9)6-11-5-10(8-17)3-4-13(11)18-2/h3-5,7-8H,6H2,1-2H3. The lowest BCUT2D eigenvalue weighted by Crippen LogP contribution is -2.03. The number of aldehydes is 1. The average Bonchev–Trinajstić information content (AvgIpc) is 2.68. The SMILES string of the molecule is COc1ccc(C=O)cc1Cn1cc(Cl)c(C)n1. The van der Waals surface area contributed by atoms with Gasteiger partial charge in [0.15, 0.2) is 0 Å². The largest absolute Gasteiger partial charge is 0.496 e. The molecule has 0 bridgehead atoms. The highest BCUT2D eigenvalue weighted by atomic mass is 35.5. The van der Waals surface area contributed by atoms with E-state index < -0.39 is 0 Å². The van der Waals surface area contributed by atoms with Crippen LogP contribution in [-0.4, -0.2) is 23.2 Å². The topological polar surface area (TPSA) is 44.1 Å². The molecule has 0 aliphatic carbocycles. The number of methoxy groups -OCH3 is 1. The predicted molar refractivity (Wildman–Crippen MR) is 69.5 cm³/mol. The first-order valence-corrected chi connectivity index (χ1v) is 5.83. The Bertz CT molecular complexity index is 559. The van der Waals surface area contributed by atoms with Crippen molar-refractivity contribution in [3.63, 3.8) is 0 Å². The molecule has 18 heavy (non-hydrogen) atoms. The fraction of sp³-hybridized carbons (Fsp3) is 0.231. The van der Waals surface area contributed by atoms with Crippen LogP contribution in [0.2, 0.25) is 5.02 Å². The highest BCUT2D eigenvalue weighted by Crippen LogP contribution is 2.21. The van der Waals surface area contributed by atoms with E-state index in [0.29, 0.717) is 17.1 Å². The molecule has 0 aliphatic rings. The number of nitrogens with zero attached hydrogens (tertiary/aromatic N) is 2. The maximum absolute atomic E-state index is 10.8. The second-order valence-electron chi connectivity index (χ2n) is 3.95. The molecule has 1 aromatic carbocycles. The number of carbonyl (C=O) groups excluding carboxylic acids is 1. The van der Waals surface area contributed by atoms with Crippen molar-refractivity contribution in [1.29, 1.82) is 0 Å². The molecule has 0 aliphatic heterocycles. The molecule has 2 aromatic rings. The van der Waals surface area contributed by atoms with Gasteiger partial charge in [0.05, 0.1) is 24.4 Å². The van der Waals surface area contributed by atoms with Gasteiger partial charge in [-0.05, 0) is 25.1 Å². The Balaban J connectivity index is 2.34. The number of halogens is 1. The van der Waals surface area contributed by atoms with Crippen LogP contribution in [0.15, 0.2) is 24.4 Å². The first-order valence-electron chi connectivity index (χ1n) is 5.45. The third-order valence-corrected chi connectivity index (χ3v) is 3.03. The van der Waals surface area contributed by atoms with Crippen LogP contribution in [0.5, 0.6) is 5.75 Å². The average molecular weight is 265 g/mol. The van der Waals surface area contributed by atoms with Gasteiger partial charge in [0.1, 0.15) is 12.0 Å². The summed E-state index contributed by atoms with van der Waals surface area (Å²) < 4.78 is 6.99. The van der Waals surface area contributed by atoms with Gasteiger partial charge in [0.25, 0.3) is 0 Å². The number of ether oxygens (including phenoxy) is 1. The van der Waals surface area contributed by atoms with Crippen LogP contribution in [-0.2, 0) is 6.54 Å². The van der Waals surface area contributed by atoms with Gasteiger partial charge in [-0.3, -0.25) is 9.48 Å². The molecule has 0 spiro atoms. The molecule has 0 saturated heterocycles. The highest BCUT2D eigenvalue weighted by Gasteiger charge is 2.08.